The van der Waals surface area contributed by atoms with Gasteiger partial charge in [0.25, 0.3) is 0 Å². The number of sulfone groups is 1. The van der Waals surface area contributed by atoms with E-state index in [4.69, 9.17) is 10.5 Å². The zero-order valence-corrected chi connectivity index (χ0v) is 11.2. The number of rotatable bonds is 4. The van der Waals surface area contributed by atoms with Crippen LogP contribution in [0.15, 0.2) is 47.5 Å². The molecule has 0 radical (unpaired) electrons. The van der Waals surface area contributed by atoms with E-state index in [1.54, 1.807) is 42.6 Å². The summed E-state index contributed by atoms with van der Waals surface area (Å²) in [6.07, 6.45) is 2.76. The maximum Gasteiger partial charge on any atom is 0.175 e. The van der Waals surface area contributed by atoms with Crippen molar-refractivity contribution in [3.05, 3.63) is 48.2 Å². The van der Waals surface area contributed by atoms with Crippen LogP contribution in [0.25, 0.3) is 0 Å². The number of ether oxygens (including phenoxy) is 1. The molecule has 0 amide bonds. The molecule has 1 aromatic heterocycles. The second-order valence-corrected chi connectivity index (χ2v) is 6.11. The molecule has 0 atom stereocenters. The van der Waals surface area contributed by atoms with Crippen LogP contribution in [-0.2, 0) is 16.4 Å². The molecule has 0 fully saturated rings. The van der Waals surface area contributed by atoms with Crippen molar-refractivity contribution in [3.8, 4) is 5.75 Å². The lowest BCUT2D eigenvalue weighted by molar-refractivity contribution is 0.307. The van der Waals surface area contributed by atoms with E-state index in [2.05, 4.69) is 4.98 Å². The number of nitrogen functional groups attached to an aromatic ring is 1. The summed E-state index contributed by atoms with van der Waals surface area (Å²) < 4.78 is 28.1. The molecule has 0 saturated carbocycles. The van der Waals surface area contributed by atoms with Crippen molar-refractivity contribution in [1.82, 2.24) is 4.98 Å². The van der Waals surface area contributed by atoms with Gasteiger partial charge < -0.3 is 10.5 Å². The molecule has 0 unspecified atom stereocenters. The van der Waals surface area contributed by atoms with Gasteiger partial charge in [0.1, 0.15) is 6.61 Å². The normalized spacial score (nSPS) is 11.2. The Bertz CT molecular complexity index is 667. The van der Waals surface area contributed by atoms with E-state index in [0.29, 0.717) is 18.2 Å². The molecule has 19 heavy (non-hydrogen) atoms. The van der Waals surface area contributed by atoms with Gasteiger partial charge in [0, 0.05) is 12.5 Å². The maximum atomic E-state index is 11.3. The van der Waals surface area contributed by atoms with Crippen LogP contribution in [0.5, 0.6) is 5.75 Å². The molecule has 6 heteroatoms. The predicted molar refractivity (Wildman–Crippen MR) is 72.5 cm³/mol. The monoisotopic (exact) mass is 278 g/mol. The molecule has 0 aliphatic carbocycles. The lowest BCUT2D eigenvalue weighted by atomic mass is 10.2. The molecule has 0 aliphatic heterocycles. The van der Waals surface area contributed by atoms with Gasteiger partial charge in [-0.25, -0.2) is 13.4 Å². The minimum absolute atomic E-state index is 0.289. The topological polar surface area (TPSA) is 82.3 Å². The Morgan fingerprint density at radius 3 is 2.47 bits per heavy atom. The van der Waals surface area contributed by atoms with Gasteiger partial charge in [0.05, 0.1) is 4.90 Å². The average molecular weight is 278 g/mol. The summed E-state index contributed by atoms with van der Waals surface area (Å²) in [5, 5.41) is 0. The molecule has 1 heterocycles. The van der Waals surface area contributed by atoms with Crippen LogP contribution >= 0.6 is 0 Å². The Morgan fingerprint density at radius 2 is 1.89 bits per heavy atom. The fourth-order valence-electron chi connectivity index (χ4n) is 1.52. The number of benzene rings is 1. The van der Waals surface area contributed by atoms with Gasteiger partial charge in [-0.3, -0.25) is 0 Å². The lowest BCUT2D eigenvalue weighted by Crippen LogP contribution is -2.01. The van der Waals surface area contributed by atoms with Gasteiger partial charge in [-0.2, -0.15) is 0 Å². The van der Waals surface area contributed by atoms with Crippen LogP contribution in [-0.4, -0.2) is 19.7 Å². The number of hydrogen-bond acceptors (Lipinski definition) is 5. The zero-order valence-electron chi connectivity index (χ0n) is 10.4. The highest BCUT2D eigenvalue weighted by molar-refractivity contribution is 7.90. The number of hydrogen-bond donors (Lipinski definition) is 1. The van der Waals surface area contributed by atoms with Crippen molar-refractivity contribution in [3.63, 3.8) is 0 Å². The molecule has 2 aromatic rings. The maximum absolute atomic E-state index is 11.3. The van der Waals surface area contributed by atoms with E-state index in [1.807, 2.05) is 0 Å². The molecule has 100 valence electrons. The Labute approximate surface area is 112 Å². The van der Waals surface area contributed by atoms with Crippen molar-refractivity contribution in [2.75, 3.05) is 12.0 Å². The first kappa shape index (κ1) is 13.4. The highest BCUT2D eigenvalue weighted by atomic mass is 32.2. The van der Waals surface area contributed by atoms with Crippen LogP contribution in [0, 0.1) is 0 Å². The standard InChI is InChI=1S/C13H14N2O3S/c1-19(16,17)11-6-4-10(5-7-11)9-18-12-3-2-8-15-13(12)14/h2-8H,9H2,1H3,(H2,14,15). The zero-order chi connectivity index (χ0) is 13.9. The molecular formula is C13H14N2O3S. The van der Waals surface area contributed by atoms with Gasteiger partial charge in [0.2, 0.25) is 0 Å². The van der Waals surface area contributed by atoms with Crippen LogP contribution in [0.2, 0.25) is 0 Å². The highest BCUT2D eigenvalue weighted by Gasteiger charge is 2.06. The first-order valence-electron chi connectivity index (χ1n) is 5.59. The molecule has 0 aliphatic rings. The molecular weight excluding hydrogens is 264 g/mol. The van der Waals surface area contributed by atoms with Crippen molar-refractivity contribution in [2.24, 2.45) is 0 Å². The largest absolute Gasteiger partial charge is 0.485 e. The van der Waals surface area contributed by atoms with Crippen molar-refractivity contribution in [1.29, 1.82) is 0 Å². The summed E-state index contributed by atoms with van der Waals surface area (Å²) in [5.74, 6) is 0.838. The fourth-order valence-corrected chi connectivity index (χ4v) is 2.15. The summed E-state index contributed by atoms with van der Waals surface area (Å²) in [6.45, 7) is 0.305. The van der Waals surface area contributed by atoms with E-state index in [9.17, 15) is 8.42 Å². The number of nitrogens with two attached hydrogens (primary N) is 1. The smallest absolute Gasteiger partial charge is 0.175 e. The summed E-state index contributed by atoms with van der Waals surface area (Å²) in [5.41, 5.74) is 6.51. The Balaban J connectivity index is 2.07. The molecule has 0 saturated heterocycles. The van der Waals surface area contributed by atoms with Crippen LogP contribution < -0.4 is 10.5 Å². The minimum atomic E-state index is -3.16. The third-order valence-corrected chi connectivity index (χ3v) is 3.67. The van der Waals surface area contributed by atoms with E-state index >= 15 is 0 Å². The molecule has 1 aromatic carbocycles. The number of aromatic nitrogens is 1. The van der Waals surface area contributed by atoms with Crippen LogP contribution in [0.3, 0.4) is 0 Å². The molecule has 2 N–H and O–H groups in total. The van der Waals surface area contributed by atoms with Crippen molar-refractivity contribution in [2.45, 2.75) is 11.5 Å². The van der Waals surface area contributed by atoms with E-state index in [0.717, 1.165) is 5.56 Å². The third kappa shape index (κ3) is 3.45. The van der Waals surface area contributed by atoms with Gasteiger partial charge in [-0.05, 0) is 29.8 Å². The first-order chi connectivity index (χ1) is 8.97. The summed E-state index contributed by atoms with van der Waals surface area (Å²) in [4.78, 5) is 4.20. The van der Waals surface area contributed by atoms with Crippen molar-refractivity contribution >= 4 is 15.7 Å². The average Bonchev–Trinajstić information content (AvgIpc) is 2.37. The predicted octanol–water partition coefficient (Wildman–Crippen LogP) is 1.65. The lowest BCUT2D eigenvalue weighted by Gasteiger charge is -2.08. The Hall–Kier alpha value is -2.08. The summed E-state index contributed by atoms with van der Waals surface area (Å²) in [7, 11) is -3.16. The van der Waals surface area contributed by atoms with Gasteiger partial charge in [-0.1, -0.05) is 12.1 Å². The van der Waals surface area contributed by atoms with E-state index in [1.165, 1.54) is 6.26 Å². The number of pyridine rings is 1. The fraction of sp³-hybridized carbons (Fsp3) is 0.154. The van der Waals surface area contributed by atoms with Gasteiger partial charge in [0.15, 0.2) is 21.4 Å². The Kier molecular flexibility index (Phi) is 3.71. The van der Waals surface area contributed by atoms with Gasteiger partial charge in [-0.15, -0.1) is 0 Å². The SMILES string of the molecule is CS(=O)(=O)c1ccc(COc2cccnc2N)cc1. The molecule has 0 spiro atoms. The number of nitrogens with zero attached hydrogens (tertiary/aromatic N) is 1. The first-order valence-corrected chi connectivity index (χ1v) is 7.48. The second kappa shape index (κ2) is 5.27. The van der Waals surface area contributed by atoms with E-state index in [-0.39, 0.29) is 4.90 Å². The minimum Gasteiger partial charge on any atom is -0.485 e. The summed E-state index contributed by atoms with van der Waals surface area (Å²) in [6, 6.07) is 10.00. The van der Waals surface area contributed by atoms with Crippen LogP contribution in [0.4, 0.5) is 5.82 Å². The van der Waals surface area contributed by atoms with Crippen LogP contribution in [0.1, 0.15) is 5.56 Å². The van der Waals surface area contributed by atoms with Gasteiger partial charge >= 0.3 is 0 Å². The van der Waals surface area contributed by atoms with E-state index < -0.39 is 9.84 Å². The highest BCUT2D eigenvalue weighted by Crippen LogP contribution is 2.19. The molecule has 0 bridgehead atoms. The van der Waals surface area contributed by atoms with Crippen molar-refractivity contribution < 1.29 is 13.2 Å². The Morgan fingerprint density at radius 1 is 1.21 bits per heavy atom. The summed E-state index contributed by atoms with van der Waals surface area (Å²) >= 11 is 0. The quantitative estimate of drug-likeness (QED) is 0.919. The number of anilines is 1. The second-order valence-electron chi connectivity index (χ2n) is 4.09. The third-order valence-electron chi connectivity index (χ3n) is 2.55. The molecule has 2 rings (SSSR count). The molecule has 5 nitrogen and oxygen atoms in total.